The quantitative estimate of drug-likeness (QED) is 0.304. The predicted octanol–water partition coefficient (Wildman–Crippen LogP) is 5.60. The molecule has 41 heavy (non-hydrogen) atoms. The van der Waals surface area contributed by atoms with Crippen LogP contribution in [0.3, 0.4) is 0 Å². The molecule has 4 rings (SSSR count). The van der Waals surface area contributed by atoms with Gasteiger partial charge in [0, 0.05) is 62.4 Å². The van der Waals surface area contributed by atoms with Gasteiger partial charge < -0.3 is 20.9 Å². The monoisotopic (exact) mass is 576 g/mol. The highest BCUT2D eigenvalue weighted by Gasteiger charge is 2.28. The zero-order chi connectivity index (χ0) is 29.7. The number of nitrogens with zero attached hydrogens (tertiary/aromatic N) is 4. The number of piperidine rings is 1. The number of hydrogen-bond acceptors (Lipinski definition) is 6. The molecule has 8 nitrogen and oxygen atoms in total. The number of carbonyl (C=O) groups excluding carboxylic acids is 2. The van der Waals surface area contributed by atoms with Crippen molar-refractivity contribution in [1.29, 1.82) is 0 Å². The molecule has 0 bridgehead atoms. The summed E-state index contributed by atoms with van der Waals surface area (Å²) < 4.78 is 0. The van der Waals surface area contributed by atoms with E-state index in [1.807, 2.05) is 31.5 Å². The lowest BCUT2D eigenvalue weighted by molar-refractivity contribution is -0.114. The highest BCUT2D eigenvalue weighted by Crippen LogP contribution is 2.30. The van der Waals surface area contributed by atoms with Gasteiger partial charge in [0.2, 0.25) is 5.91 Å². The van der Waals surface area contributed by atoms with Crippen molar-refractivity contribution in [3.63, 3.8) is 0 Å². The van der Waals surface area contributed by atoms with E-state index in [0.717, 1.165) is 67.8 Å². The molecular formula is C32H41ClN6O2. The summed E-state index contributed by atoms with van der Waals surface area (Å²) in [6.07, 6.45) is 7.52. The van der Waals surface area contributed by atoms with Crippen LogP contribution in [0.15, 0.2) is 42.7 Å². The maximum atomic E-state index is 12.0. The second kappa shape index (κ2) is 13.4. The molecule has 0 radical (unpaired) electrons. The number of rotatable bonds is 10. The molecule has 1 aromatic carbocycles. The summed E-state index contributed by atoms with van der Waals surface area (Å²) >= 11 is 6.50. The Morgan fingerprint density at radius 1 is 1.15 bits per heavy atom. The van der Waals surface area contributed by atoms with Gasteiger partial charge in [-0.2, -0.15) is 0 Å². The SMILES string of the molecule is CC(=O)Nc1ccc(N(Cc2cnccc2C)C2CCN([C@H](C)CCc3c(Cl)nc(C)c(C(N)=O)c3C)CC2)cc1. The van der Waals surface area contributed by atoms with Crippen LogP contribution in [0.4, 0.5) is 11.4 Å². The minimum absolute atomic E-state index is 0.0773. The minimum Gasteiger partial charge on any atom is -0.366 e. The first-order chi connectivity index (χ1) is 19.5. The summed E-state index contributed by atoms with van der Waals surface area (Å²) in [6, 6.07) is 10.9. The van der Waals surface area contributed by atoms with Gasteiger partial charge in [-0.15, -0.1) is 0 Å². The molecular weight excluding hydrogens is 536 g/mol. The van der Waals surface area contributed by atoms with Gasteiger partial charge in [0.25, 0.3) is 5.91 Å². The largest absolute Gasteiger partial charge is 0.366 e. The molecule has 2 aromatic heterocycles. The van der Waals surface area contributed by atoms with E-state index >= 15 is 0 Å². The van der Waals surface area contributed by atoms with Gasteiger partial charge in [0.15, 0.2) is 0 Å². The Kier molecular flexibility index (Phi) is 9.99. The molecule has 3 N–H and O–H groups in total. The number of nitrogens with one attached hydrogen (secondary N) is 1. The smallest absolute Gasteiger partial charge is 0.250 e. The van der Waals surface area contributed by atoms with Gasteiger partial charge in [-0.1, -0.05) is 11.6 Å². The van der Waals surface area contributed by atoms with Crippen molar-refractivity contribution in [1.82, 2.24) is 14.9 Å². The fourth-order valence-electron chi connectivity index (χ4n) is 5.89. The van der Waals surface area contributed by atoms with E-state index in [9.17, 15) is 9.59 Å². The van der Waals surface area contributed by atoms with Gasteiger partial charge in [0.1, 0.15) is 5.15 Å². The number of pyridine rings is 2. The number of benzene rings is 1. The van der Waals surface area contributed by atoms with Crippen LogP contribution in [0, 0.1) is 20.8 Å². The van der Waals surface area contributed by atoms with Crippen molar-refractivity contribution in [3.05, 3.63) is 81.4 Å². The van der Waals surface area contributed by atoms with Crippen LogP contribution in [0.1, 0.15) is 71.4 Å². The van der Waals surface area contributed by atoms with Gasteiger partial charge in [0.05, 0.1) is 11.3 Å². The first kappa shape index (κ1) is 30.5. The molecule has 9 heteroatoms. The number of nitrogens with two attached hydrogens (primary N) is 1. The van der Waals surface area contributed by atoms with E-state index in [1.54, 1.807) is 6.92 Å². The molecule has 1 fully saturated rings. The van der Waals surface area contributed by atoms with Gasteiger partial charge in [-0.05, 0) is 106 Å². The summed E-state index contributed by atoms with van der Waals surface area (Å²) in [5.74, 6) is -0.539. The Hall–Kier alpha value is -3.49. The number of halogens is 1. The van der Waals surface area contributed by atoms with Crippen molar-refractivity contribution in [2.75, 3.05) is 23.3 Å². The Balaban J connectivity index is 1.44. The first-order valence-corrected chi connectivity index (χ1v) is 14.7. The van der Waals surface area contributed by atoms with E-state index in [1.165, 1.54) is 18.1 Å². The maximum absolute atomic E-state index is 12.0. The summed E-state index contributed by atoms with van der Waals surface area (Å²) in [7, 11) is 0. The third kappa shape index (κ3) is 7.43. The highest BCUT2D eigenvalue weighted by molar-refractivity contribution is 6.30. The van der Waals surface area contributed by atoms with Crippen molar-refractivity contribution in [3.8, 4) is 0 Å². The Bertz CT molecular complexity index is 1390. The Morgan fingerprint density at radius 2 is 1.83 bits per heavy atom. The summed E-state index contributed by atoms with van der Waals surface area (Å²) in [6.45, 7) is 12.3. The molecule has 2 amide bonds. The number of hydrogen-bond donors (Lipinski definition) is 2. The zero-order valence-electron chi connectivity index (χ0n) is 24.7. The average Bonchev–Trinajstić information content (AvgIpc) is 2.92. The van der Waals surface area contributed by atoms with Crippen LogP contribution in [-0.2, 0) is 17.8 Å². The fraction of sp³-hybridized carbons (Fsp3) is 0.438. The summed E-state index contributed by atoms with van der Waals surface area (Å²) in [5.41, 5.74) is 12.8. The van der Waals surface area contributed by atoms with Crippen LogP contribution in [0.25, 0.3) is 0 Å². The Labute approximate surface area is 248 Å². The normalized spacial score (nSPS) is 15.0. The number of primary amides is 1. The van der Waals surface area contributed by atoms with E-state index in [2.05, 4.69) is 57.1 Å². The van der Waals surface area contributed by atoms with Crippen molar-refractivity contribution >= 4 is 34.8 Å². The van der Waals surface area contributed by atoms with Crippen LogP contribution in [-0.4, -0.2) is 51.9 Å². The van der Waals surface area contributed by atoms with Gasteiger partial charge in [-0.3, -0.25) is 14.6 Å². The Morgan fingerprint density at radius 3 is 2.44 bits per heavy atom. The molecule has 1 atom stereocenters. The number of carbonyl (C=O) groups is 2. The number of aromatic nitrogens is 2. The lowest BCUT2D eigenvalue weighted by Crippen LogP contribution is -2.47. The van der Waals surface area contributed by atoms with Crippen LogP contribution in [0.2, 0.25) is 5.15 Å². The van der Waals surface area contributed by atoms with Crippen molar-refractivity contribution in [2.45, 2.75) is 78.9 Å². The summed E-state index contributed by atoms with van der Waals surface area (Å²) in [5, 5.41) is 3.32. The standard InChI is InChI=1S/C32H41ClN6O2/c1-20-12-15-35-18-25(20)19-39(27-9-7-26(8-10-27)37-24(5)40)28-13-16-38(17-14-28)21(2)6-11-29-22(3)30(32(34)41)23(4)36-31(29)33/h7-10,12,15,18,21,28H,6,11,13-14,16-17,19H2,1-5H3,(H2,34,41)(H,37,40)/t21-/m1/s1. The molecule has 0 unspecified atom stereocenters. The molecule has 0 saturated carbocycles. The molecule has 0 aliphatic carbocycles. The molecule has 1 saturated heterocycles. The van der Waals surface area contributed by atoms with E-state index in [4.69, 9.17) is 17.3 Å². The van der Waals surface area contributed by atoms with Crippen LogP contribution < -0.4 is 16.0 Å². The third-order valence-electron chi connectivity index (χ3n) is 8.33. The maximum Gasteiger partial charge on any atom is 0.250 e. The van der Waals surface area contributed by atoms with Gasteiger partial charge >= 0.3 is 0 Å². The topological polar surface area (TPSA) is 104 Å². The van der Waals surface area contributed by atoms with Crippen LogP contribution >= 0.6 is 11.6 Å². The molecule has 218 valence electrons. The van der Waals surface area contributed by atoms with Crippen LogP contribution in [0.5, 0.6) is 0 Å². The fourth-order valence-corrected chi connectivity index (χ4v) is 6.25. The first-order valence-electron chi connectivity index (χ1n) is 14.3. The minimum atomic E-state index is -0.462. The molecule has 1 aliphatic rings. The number of amides is 2. The molecule has 3 aromatic rings. The van der Waals surface area contributed by atoms with Crippen molar-refractivity contribution < 1.29 is 9.59 Å². The number of likely N-dealkylation sites (tertiary alicyclic amines) is 1. The lowest BCUT2D eigenvalue weighted by atomic mass is 9.95. The zero-order valence-corrected chi connectivity index (χ0v) is 25.5. The molecule has 0 spiro atoms. The lowest BCUT2D eigenvalue weighted by Gasteiger charge is -2.42. The molecule has 1 aliphatic heterocycles. The van der Waals surface area contributed by atoms with E-state index in [-0.39, 0.29) is 5.91 Å². The van der Waals surface area contributed by atoms with E-state index < -0.39 is 5.91 Å². The predicted molar refractivity (Wildman–Crippen MR) is 166 cm³/mol. The second-order valence-corrected chi connectivity index (χ2v) is 11.5. The van der Waals surface area contributed by atoms with Crippen molar-refractivity contribution in [2.24, 2.45) is 5.73 Å². The number of anilines is 2. The van der Waals surface area contributed by atoms with Gasteiger partial charge in [-0.25, -0.2) is 4.98 Å². The average molecular weight is 577 g/mol. The number of aryl methyl sites for hydroxylation is 2. The third-order valence-corrected chi connectivity index (χ3v) is 8.65. The highest BCUT2D eigenvalue weighted by atomic mass is 35.5. The second-order valence-electron chi connectivity index (χ2n) is 11.1. The van der Waals surface area contributed by atoms with E-state index in [0.29, 0.717) is 28.5 Å². The summed E-state index contributed by atoms with van der Waals surface area (Å²) in [4.78, 5) is 37.3. The molecule has 3 heterocycles.